The van der Waals surface area contributed by atoms with Gasteiger partial charge in [-0.15, -0.1) is 0 Å². The van der Waals surface area contributed by atoms with Crippen molar-refractivity contribution in [3.05, 3.63) is 82.3 Å². The maximum Gasteiger partial charge on any atom is 0.258 e. The number of piperidine rings is 1. The van der Waals surface area contributed by atoms with Gasteiger partial charge >= 0.3 is 0 Å². The van der Waals surface area contributed by atoms with Gasteiger partial charge < -0.3 is 14.4 Å². The molecular weight excluding hydrogens is 438 g/mol. The van der Waals surface area contributed by atoms with E-state index < -0.39 is 0 Å². The molecule has 182 valence electrons. The molecule has 7 heteroatoms. The summed E-state index contributed by atoms with van der Waals surface area (Å²) in [6, 6.07) is 11.6. The fourth-order valence-electron chi connectivity index (χ4n) is 5.27. The van der Waals surface area contributed by atoms with Crippen molar-refractivity contribution in [2.75, 3.05) is 26.2 Å². The number of rotatable bonds is 7. The van der Waals surface area contributed by atoms with E-state index in [-0.39, 0.29) is 11.5 Å². The van der Waals surface area contributed by atoms with Gasteiger partial charge in [-0.05, 0) is 73.8 Å². The lowest BCUT2D eigenvalue weighted by atomic mass is 9.99. The van der Waals surface area contributed by atoms with Gasteiger partial charge in [0.1, 0.15) is 0 Å². The van der Waals surface area contributed by atoms with Crippen LogP contribution in [0.2, 0.25) is 0 Å². The highest BCUT2D eigenvalue weighted by Gasteiger charge is 2.25. The summed E-state index contributed by atoms with van der Waals surface area (Å²) in [6.45, 7) is 4.98. The Bertz CT molecular complexity index is 1200. The van der Waals surface area contributed by atoms with E-state index in [1.165, 1.54) is 19.3 Å². The lowest BCUT2D eigenvalue weighted by Gasteiger charge is -2.32. The van der Waals surface area contributed by atoms with E-state index in [0.29, 0.717) is 44.5 Å². The van der Waals surface area contributed by atoms with Crippen LogP contribution in [0.25, 0.3) is 11.1 Å². The summed E-state index contributed by atoms with van der Waals surface area (Å²) in [4.78, 5) is 39.5. The molecule has 2 aliphatic heterocycles. The second-order valence-corrected chi connectivity index (χ2v) is 9.51. The number of nitrogens with zero attached hydrogens (tertiary/aromatic N) is 5. The smallest absolute Gasteiger partial charge is 0.258 e. The molecule has 35 heavy (non-hydrogen) atoms. The number of hydrogen-bond donors (Lipinski definition) is 0. The number of fused-ring (bicyclic) bond motifs is 1. The Morgan fingerprint density at radius 1 is 0.943 bits per heavy atom. The third-order valence-electron chi connectivity index (χ3n) is 7.22. The minimum Gasteiger partial charge on any atom is -0.338 e. The highest BCUT2D eigenvalue weighted by Crippen LogP contribution is 2.24. The van der Waals surface area contributed by atoms with E-state index in [1.807, 2.05) is 45.9 Å². The van der Waals surface area contributed by atoms with E-state index >= 15 is 0 Å². The molecule has 5 heterocycles. The van der Waals surface area contributed by atoms with E-state index in [2.05, 4.69) is 14.9 Å². The molecular formula is C28H33N5O2. The standard InChI is InChI=1S/C28H33N5O2/c34-27(8-7-24-6-2-3-12-30-24)32-17-11-26-23(21-32)20-25(22-9-13-29-14-10-22)28(35)33(26)19-18-31-15-4-1-5-16-31/h2-3,6,9-10,12-14,20H,1,4-5,7-8,11,15-19,21H2. The molecule has 0 spiro atoms. The third-order valence-corrected chi connectivity index (χ3v) is 7.22. The minimum absolute atomic E-state index is 0.0573. The van der Waals surface area contributed by atoms with Crippen LogP contribution in [0.3, 0.4) is 0 Å². The Morgan fingerprint density at radius 2 is 1.77 bits per heavy atom. The zero-order valence-electron chi connectivity index (χ0n) is 20.2. The van der Waals surface area contributed by atoms with Gasteiger partial charge in [0.15, 0.2) is 0 Å². The molecule has 3 aromatic rings. The van der Waals surface area contributed by atoms with Crippen molar-refractivity contribution in [2.45, 2.75) is 51.6 Å². The van der Waals surface area contributed by atoms with E-state index in [0.717, 1.165) is 42.1 Å². The van der Waals surface area contributed by atoms with Crippen molar-refractivity contribution in [3.63, 3.8) is 0 Å². The summed E-state index contributed by atoms with van der Waals surface area (Å²) in [5.41, 5.74) is 4.71. The summed E-state index contributed by atoms with van der Waals surface area (Å²) in [5, 5.41) is 0. The van der Waals surface area contributed by atoms with Crippen LogP contribution in [-0.4, -0.2) is 56.4 Å². The Morgan fingerprint density at radius 3 is 2.54 bits per heavy atom. The van der Waals surface area contributed by atoms with Gasteiger partial charge in [0.25, 0.3) is 5.56 Å². The van der Waals surface area contributed by atoms with Crippen molar-refractivity contribution < 1.29 is 4.79 Å². The monoisotopic (exact) mass is 471 g/mol. The first-order chi connectivity index (χ1) is 17.2. The van der Waals surface area contributed by atoms with Gasteiger partial charge in [-0.3, -0.25) is 19.6 Å². The number of carbonyl (C=O) groups is 1. The van der Waals surface area contributed by atoms with Crippen LogP contribution >= 0.6 is 0 Å². The number of carbonyl (C=O) groups excluding carboxylic acids is 1. The van der Waals surface area contributed by atoms with E-state index in [9.17, 15) is 9.59 Å². The van der Waals surface area contributed by atoms with Gasteiger partial charge in [0, 0.05) is 74.6 Å². The number of likely N-dealkylation sites (tertiary alicyclic amines) is 1. The molecule has 0 aliphatic carbocycles. The highest BCUT2D eigenvalue weighted by atomic mass is 16.2. The van der Waals surface area contributed by atoms with Crippen LogP contribution in [0.5, 0.6) is 0 Å². The Balaban J connectivity index is 1.39. The molecule has 2 aliphatic rings. The van der Waals surface area contributed by atoms with Crippen molar-refractivity contribution in [1.82, 2.24) is 24.3 Å². The van der Waals surface area contributed by atoms with Crippen molar-refractivity contribution in [2.24, 2.45) is 0 Å². The van der Waals surface area contributed by atoms with E-state index in [4.69, 9.17) is 0 Å². The lowest BCUT2D eigenvalue weighted by Crippen LogP contribution is -2.41. The average molecular weight is 472 g/mol. The Labute approximate surface area is 206 Å². The largest absolute Gasteiger partial charge is 0.338 e. The van der Waals surface area contributed by atoms with Crippen LogP contribution < -0.4 is 5.56 Å². The maximum atomic E-state index is 13.6. The van der Waals surface area contributed by atoms with Gasteiger partial charge in [-0.2, -0.15) is 0 Å². The van der Waals surface area contributed by atoms with Crippen LogP contribution in [-0.2, 0) is 30.7 Å². The molecule has 3 aromatic heterocycles. The van der Waals surface area contributed by atoms with Gasteiger partial charge in [-0.1, -0.05) is 12.5 Å². The van der Waals surface area contributed by atoms with Crippen molar-refractivity contribution in [3.8, 4) is 11.1 Å². The second-order valence-electron chi connectivity index (χ2n) is 9.51. The number of amides is 1. The normalized spacial score (nSPS) is 16.2. The van der Waals surface area contributed by atoms with Gasteiger partial charge in [-0.25, -0.2) is 0 Å². The molecule has 0 unspecified atom stereocenters. The summed E-state index contributed by atoms with van der Waals surface area (Å²) in [6.07, 6.45) is 10.8. The van der Waals surface area contributed by atoms with Crippen LogP contribution in [0.4, 0.5) is 0 Å². The van der Waals surface area contributed by atoms with Gasteiger partial charge in [0.05, 0.1) is 0 Å². The zero-order chi connectivity index (χ0) is 24.0. The number of aryl methyl sites for hydroxylation is 1. The lowest BCUT2D eigenvalue weighted by molar-refractivity contribution is -0.132. The Hall–Kier alpha value is -3.32. The topological polar surface area (TPSA) is 71.3 Å². The average Bonchev–Trinajstić information content (AvgIpc) is 2.92. The van der Waals surface area contributed by atoms with E-state index in [1.54, 1.807) is 18.6 Å². The van der Waals surface area contributed by atoms with Crippen molar-refractivity contribution in [1.29, 1.82) is 0 Å². The summed E-state index contributed by atoms with van der Waals surface area (Å²) >= 11 is 0. The predicted octanol–water partition coefficient (Wildman–Crippen LogP) is 3.31. The minimum atomic E-state index is 0.0573. The SMILES string of the molecule is O=C(CCc1ccccn1)N1CCc2c(cc(-c3ccncc3)c(=O)n2CCN2CCCCC2)C1. The van der Waals surface area contributed by atoms with Crippen LogP contribution in [0.15, 0.2) is 59.8 Å². The number of pyridine rings is 3. The molecule has 0 N–H and O–H groups in total. The molecule has 0 atom stereocenters. The fourth-order valence-corrected chi connectivity index (χ4v) is 5.27. The first-order valence-electron chi connectivity index (χ1n) is 12.7. The molecule has 1 amide bonds. The summed E-state index contributed by atoms with van der Waals surface area (Å²) < 4.78 is 1.98. The maximum absolute atomic E-state index is 13.6. The molecule has 1 fully saturated rings. The molecule has 1 saturated heterocycles. The first-order valence-corrected chi connectivity index (χ1v) is 12.7. The molecule has 0 bridgehead atoms. The van der Waals surface area contributed by atoms with Crippen LogP contribution in [0.1, 0.15) is 42.6 Å². The molecule has 0 saturated carbocycles. The van der Waals surface area contributed by atoms with Crippen LogP contribution in [0, 0.1) is 0 Å². The summed E-state index contributed by atoms with van der Waals surface area (Å²) in [7, 11) is 0. The zero-order valence-corrected chi connectivity index (χ0v) is 20.2. The highest BCUT2D eigenvalue weighted by molar-refractivity contribution is 5.77. The quantitative estimate of drug-likeness (QED) is 0.529. The summed E-state index contributed by atoms with van der Waals surface area (Å²) in [5.74, 6) is 0.137. The molecule has 0 aromatic carbocycles. The Kier molecular flexibility index (Phi) is 7.33. The third kappa shape index (κ3) is 5.51. The molecule has 5 rings (SSSR count). The number of hydrogen-bond acceptors (Lipinski definition) is 5. The second kappa shape index (κ2) is 11.0. The predicted molar refractivity (Wildman–Crippen MR) is 136 cm³/mol. The first kappa shape index (κ1) is 23.4. The molecule has 0 radical (unpaired) electrons. The fraction of sp³-hybridized carbons (Fsp3) is 0.429. The van der Waals surface area contributed by atoms with Crippen molar-refractivity contribution >= 4 is 5.91 Å². The van der Waals surface area contributed by atoms with Gasteiger partial charge in [0.2, 0.25) is 5.91 Å². The number of aromatic nitrogens is 3. The molecule has 7 nitrogen and oxygen atoms in total.